The third kappa shape index (κ3) is 3.15. The van der Waals surface area contributed by atoms with Gasteiger partial charge in [-0.1, -0.05) is 36.4 Å². The summed E-state index contributed by atoms with van der Waals surface area (Å²) in [5.41, 5.74) is 1.46. The fourth-order valence-electron chi connectivity index (χ4n) is 4.42. The van der Waals surface area contributed by atoms with E-state index < -0.39 is 0 Å². The lowest BCUT2D eigenvalue weighted by atomic mass is 9.97. The molecule has 0 radical (unpaired) electrons. The predicted molar refractivity (Wildman–Crippen MR) is 97.8 cm³/mol. The summed E-state index contributed by atoms with van der Waals surface area (Å²) in [6.45, 7) is 7.54. The highest BCUT2D eigenvalue weighted by Crippen LogP contribution is 2.29. The van der Waals surface area contributed by atoms with Gasteiger partial charge in [-0.2, -0.15) is 0 Å². The molecule has 2 saturated heterocycles. The van der Waals surface area contributed by atoms with Crippen molar-refractivity contribution in [2.75, 3.05) is 26.2 Å². The third-order valence-corrected chi connectivity index (χ3v) is 5.96. The smallest absolute Gasteiger partial charge is 0.0320 e. The minimum absolute atomic E-state index is 0.527. The van der Waals surface area contributed by atoms with E-state index in [0.717, 1.165) is 6.04 Å². The molecular weight excluding hydrogens is 280 g/mol. The van der Waals surface area contributed by atoms with E-state index in [4.69, 9.17) is 0 Å². The van der Waals surface area contributed by atoms with Crippen LogP contribution in [0.15, 0.2) is 42.5 Å². The Kier molecular flexibility index (Phi) is 4.37. The molecule has 122 valence electrons. The number of likely N-dealkylation sites (tertiary alicyclic amines) is 2. The third-order valence-electron chi connectivity index (χ3n) is 5.96. The van der Waals surface area contributed by atoms with Crippen molar-refractivity contribution < 1.29 is 0 Å². The highest BCUT2D eigenvalue weighted by atomic mass is 15.2. The average Bonchev–Trinajstić information content (AvgIpc) is 3.15. The summed E-state index contributed by atoms with van der Waals surface area (Å²) in [4.78, 5) is 5.41. The second-order valence-corrected chi connectivity index (χ2v) is 7.29. The van der Waals surface area contributed by atoms with Crippen LogP contribution in [0, 0.1) is 0 Å². The zero-order valence-corrected chi connectivity index (χ0v) is 14.2. The van der Waals surface area contributed by atoms with Crippen LogP contribution in [0.1, 0.15) is 44.2 Å². The largest absolute Gasteiger partial charge is 0.300 e. The van der Waals surface area contributed by atoms with E-state index in [9.17, 15) is 0 Å². The van der Waals surface area contributed by atoms with E-state index in [2.05, 4.69) is 59.2 Å². The van der Waals surface area contributed by atoms with Crippen LogP contribution in [0.2, 0.25) is 0 Å². The van der Waals surface area contributed by atoms with Gasteiger partial charge >= 0.3 is 0 Å². The molecule has 2 heteroatoms. The highest BCUT2D eigenvalue weighted by Gasteiger charge is 2.28. The van der Waals surface area contributed by atoms with Crippen LogP contribution < -0.4 is 0 Å². The molecule has 0 saturated carbocycles. The second-order valence-electron chi connectivity index (χ2n) is 7.29. The number of nitrogens with zero attached hydrogens (tertiary/aromatic N) is 2. The molecule has 0 amide bonds. The van der Waals surface area contributed by atoms with Crippen LogP contribution in [0.4, 0.5) is 0 Å². The Morgan fingerprint density at radius 1 is 0.870 bits per heavy atom. The van der Waals surface area contributed by atoms with Gasteiger partial charge in [-0.15, -0.1) is 0 Å². The van der Waals surface area contributed by atoms with Gasteiger partial charge in [-0.05, 0) is 68.1 Å². The van der Waals surface area contributed by atoms with Crippen LogP contribution in [-0.4, -0.2) is 42.0 Å². The molecule has 0 aliphatic carbocycles. The molecule has 2 heterocycles. The molecule has 0 bridgehead atoms. The number of benzene rings is 2. The summed E-state index contributed by atoms with van der Waals surface area (Å²) in [5, 5.41) is 2.71. The van der Waals surface area contributed by atoms with E-state index >= 15 is 0 Å². The fraction of sp³-hybridized carbons (Fsp3) is 0.524. The molecule has 23 heavy (non-hydrogen) atoms. The van der Waals surface area contributed by atoms with Gasteiger partial charge in [0.25, 0.3) is 0 Å². The van der Waals surface area contributed by atoms with Gasteiger partial charge in [0.15, 0.2) is 0 Å². The summed E-state index contributed by atoms with van der Waals surface area (Å²) in [6.07, 6.45) is 5.51. The number of hydrogen-bond donors (Lipinski definition) is 0. The monoisotopic (exact) mass is 308 g/mol. The molecule has 2 aromatic carbocycles. The summed E-state index contributed by atoms with van der Waals surface area (Å²) >= 11 is 0. The van der Waals surface area contributed by atoms with E-state index in [1.54, 1.807) is 0 Å². The van der Waals surface area contributed by atoms with Gasteiger partial charge < -0.3 is 4.90 Å². The van der Waals surface area contributed by atoms with Gasteiger partial charge in [-0.3, -0.25) is 4.90 Å². The summed E-state index contributed by atoms with van der Waals surface area (Å²) < 4.78 is 0. The number of rotatable bonds is 3. The summed E-state index contributed by atoms with van der Waals surface area (Å²) in [5.74, 6) is 0. The number of hydrogen-bond acceptors (Lipinski definition) is 2. The topological polar surface area (TPSA) is 6.48 Å². The molecule has 2 nitrogen and oxygen atoms in total. The van der Waals surface area contributed by atoms with E-state index in [1.165, 1.54) is 68.2 Å². The van der Waals surface area contributed by atoms with Crippen molar-refractivity contribution in [3.8, 4) is 0 Å². The quantitative estimate of drug-likeness (QED) is 0.826. The minimum Gasteiger partial charge on any atom is -0.300 e. The van der Waals surface area contributed by atoms with Crippen LogP contribution in [0.3, 0.4) is 0 Å². The van der Waals surface area contributed by atoms with Gasteiger partial charge in [0, 0.05) is 25.2 Å². The molecule has 0 N–H and O–H groups in total. The number of piperidine rings is 1. The average molecular weight is 308 g/mol. The Hall–Kier alpha value is -1.38. The van der Waals surface area contributed by atoms with Crippen LogP contribution in [0.25, 0.3) is 10.8 Å². The van der Waals surface area contributed by atoms with Crippen molar-refractivity contribution >= 4 is 10.8 Å². The first-order valence-electron chi connectivity index (χ1n) is 9.28. The van der Waals surface area contributed by atoms with E-state index in [0.29, 0.717) is 6.04 Å². The Morgan fingerprint density at radius 3 is 2.30 bits per heavy atom. The van der Waals surface area contributed by atoms with Gasteiger partial charge in [0.2, 0.25) is 0 Å². The normalized spacial score (nSPS) is 22.7. The lowest BCUT2D eigenvalue weighted by Gasteiger charge is -2.39. The van der Waals surface area contributed by atoms with E-state index in [-0.39, 0.29) is 0 Å². The summed E-state index contributed by atoms with van der Waals surface area (Å²) in [7, 11) is 0. The van der Waals surface area contributed by atoms with Crippen molar-refractivity contribution in [2.24, 2.45) is 0 Å². The maximum Gasteiger partial charge on any atom is 0.0320 e. The van der Waals surface area contributed by atoms with Crippen molar-refractivity contribution in [1.82, 2.24) is 9.80 Å². The molecule has 1 atom stereocenters. The van der Waals surface area contributed by atoms with Gasteiger partial charge in [0.05, 0.1) is 0 Å². The second kappa shape index (κ2) is 6.62. The number of fused-ring (bicyclic) bond motifs is 1. The maximum absolute atomic E-state index is 2.73. The maximum atomic E-state index is 2.73. The lowest BCUT2D eigenvalue weighted by molar-refractivity contribution is 0.102. The Bertz CT molecular complexity index is 652. The van der Waals surface area contributed by atoms with Gasteiger partial charge in [0.1, 0.15) is 0 Å². The van der Waals surface area contributed by atoms with Crippen LogP contribution >= 0.6 is 0 Å². The van der Waals surface area contributed by atoms with Crippen molar-refractivity contribution in [1.29, 1.82) is 0 Å². The Morgan fingerprint density at radius 2 is 1.57 bits per heavy atom. The zero-order valence-electron chi connectivity index (χ0n) is 14.2. The van der Waals surface area contributed by atoms with Crippen LogP contribution in [0.5, 0.6) is 0 Å². The fourth-order valence-corrected chi connectivity index (χ4v) is 4.42. The first kappa shape index (κ1) is 15.2. The highest BCUT2D eigenvalue weighted by molar-refractivity contribution is 5.83. The molecule has 2 fully saturated rings. The van der Waals surface area contributed by atoms with Crippen molar-refractivity contribution in [3.05, 3.63) is 48.0 Å². The zero-order chi connectivity index (χ0) is 15.6. The standard InChI is InChI=1S/C21H28N2/c1-17(19-9-8-18-6-2-3-7-20(18)16-19)22-14-10-21(11-15-22)23-12-4-5-13-23/h2-3,6-9,16-17,21H,4-5,10-15H2,1H3/t17-/m0/s1. The Labute approximate surface area is 140 Å². The molecule has 0 aromatic heterocycles. The predicted octanol–water partition coefficient (Wildman–Crippen LogP) is 4.46. The first-order chi connectivity index (χ1) is 11.3. The lowest BCUT2D eigenvalue weighted by Crippen LogP contribution is -2.44. The molecule has 2 aliphatic heterocycles. The Balaban J connectivity index is 1.43. The molecular formula is C21H28N2. The van der Waals surface area contributed by atoms with Gasteiger partial charge in [-0.25, -0.2) is 0 Å². The SMILES string of the molecule is C[C@@H](c1ccc2ccccc2c1)N1CCC(N2CCCC2)CC1. The first-order valence-corrected chi connectivity index (χ1v) is 9.28. The molecule has 0 spiro atoms. The molecule has 4 rings (SSSR count). The molecule has 0 unspecified atom stereocenters. The molecule has 2 aliphatic rings. The van der Waals surface area contributed by atoms with Crippen molar-refractivity contribution in [3.63, 3.8) is 0 Å². The molecule has 2 aromatic rings. The van der Waals surface area contributed by atoms with Crippen molar-refractivity contribution in [2.45, 2.75) is 44.7 Å². The minimum atomic E-state index is 0.527. The van der Waals surface area contributed by atoms with E-state index in [1.807, 2.05) is 0 Å². The summed E-state index contributed by atoms with van der Waals surface area (Å²) in [6, 6.07) is 17.0. The van der Waals surface area contributed by atoms with Crippen LogP contribution in [-0.2, 0) is 0 Å².